The molecule has 226 valence electrons. The van der Waals surface area contributed by atoms with Gasteiger partial charge in [-0.15, -0.1) is 0 Å². The molecule has 1 saturated carbocycles. The average Bonchev–Trinajstić information content (AvgIpc) is 3.35. The molecule has 4 N–H and O–H groups in total. The Labute approximate surface area is 249 Å². The van der Waals surface area contributed by atoms with E-state index < -0.39 is 5.60 Å². The van der Waals surface area contributed by atoms with E-state index in [2.05, 4.69) is 57.2 Å². The Morgan fingerprint density at radius 1 is 1.07 bits per heavy atom. The molecule has 0 radical (unpaired) electrons. The topological polar surface area (TPSA) is 116 Å². The molecular formula is C32H46N8O2. The first-order valence-electron chi connectivity index (χ1n) is 15.5. The Bertz CT molecular complexity index is 1410. The average molecular weight is 575 g/mol. The summed E-state index contributed by atoms with van der Waals surface area (Å²) >= 11 is 0. The van der Waals surface area contributed by atoms with E-state index in [0.717, 1.165) is 78.6 Å². The smallest absolute Gasteiger partial charge is 0.151 e. The van der Waals surface area contributed by atoms with Crippen molar-refractivity contribution in [2.75, 3.05) is 69.4 Å². The molecule has 0 amide bonds. The largest absolute Gasteiger partial charge is 0.495 e. The molecule has 2 aromatic heterocycles. The molecule has 1 aliphatic carbocycles. The highest BCUT2D eigenvalue weighted by atomic mass is 16.5. The number of methoxy groups -OCH3 is 1. The Morgan fingerprint density at radius 2 is 1.83 bits per heavy atom. The number of rotatable bonds is 7. The van der Waals surface area contributed by atoms with Gasteiger partial charge in [0.05, 0.1) is 24.1 Å². The van der Waals surface area contributed by atoms with E-state index in [1.54, 1.807) is 13.3 Å². The van der Waals surface area contributed by atoms with Gasteiger partial charge >= 0.3 is 0 Å². The molecule has 0 unspecified atom stereocenters. The zero-order valence-corrected chi connectivity index (χ0v) is 25.6. The van der Waals surface area contributed by atoms with Gasteiger partial charge in [-0.3, -0.25) is 4.90 Å². The highest BCUT2D eigenvalue weighted by Crippen LogP contribution is 2.38. The lowest BCUT2D eigenvalue weighted by Crippen LogP contribution is -2.52. The van der Waals surface area contributed by atoms with E-state index in [1.807, 2.05) is 6.92 Å². The number of nitrogens with zero attached hydrogens (tertiary/aromatic N) is 6. The van der Waals surface area contributed by atoms with E-state index in [4.69, 9.17) is 20.4 Å². The maximum Gasteiger partial charge on any atom is 0.151 e. The molecule has 3 fully saturated rings. The number of aliphatic hydroxyl groups is 1. The van der Waals surface area contributed by atoms with Crippen molar-refractivity contribution in [3.05, 3.63) is 30.1 Å². The first kappa shape index (κ1) is 28.9. The third-order valence-corrected chi connectivity index (χ3v) is 9.54. The molecule has 10 nitrogen and oxygen atoms in total. The van der Waals surface area contributed by atoms with Crippen LogP contribution in [0.2, 0.25) is 0 Å². The zero-order valence-electron chi connectivity index (χ0n) is 25.6. The second-order valence-electron chi connectivity index (χ2n) is 12.7. The quantitative estimate of drug-likeness (QED) is 0.385. The van der Waals surface area contributed by atoms with E-state index in [-0.39, 0.29) is 6.04 Å². The van der Waals surface area contributed by atoms with Crippen LogP contribution in [0, 0.1) is 0 Å². The maximum absolute atomic E-state index is 10.5. The minimum atomic E-state index is -0.647. The number of pyridine rings is 1. The summed E-state index contributed by atoms with van der Waals surface area (Å²) in [5.41, 5.74) is 10.8. The number of anilines is 3. The first-order chi connectivity index (χ1) is 20.2. The number of nitrogens with two attached hydrogens (primary N) is 1. The summed E-state index contributed by atoms with van der Waals surface area (Å²) in [5, 5.41) is 14.1. The van der Waals surface area contributed by atoms with Gasteiger partial charge in [-0.25, -0.2) is 15.0 Å². The number of aryl methyl sites for hydroxylation is 1. The lowest BCUT2D eigenvalue weighted by Gasteiger charge is -2.42. The van der Waals surface area contributed by atoms with Gasteiger partial charge in [-0.2, -0.15) is 0 Å². The number of hydrogen-bond acceptors (Lipinski definition) is 10. The van der Waals surface area contributed by atoms with Crippen molar-refractivity contribution in [3.8, 4) is 16.9 Å². The highest BCUT2D eigenvalue weighted by Gasteiger charge is 2.33. The van der Waals surface area contributed by atoms with Gasteiger partial charge in [0.1, 0.15) is 22.6 Å². The van der Waals surface area contributed by atoms with E-state index in [1.165, 1.54) is 25.9 Å². The minimum absolute atomic E-state index is 0.152. The van der Waals surface area contributed by atoms with Gasteiger partial charge in [0.25, 0.3) is 0 Å². The summed E-state index contributed by atoms with van der Waals surface area (Å²) in [6.45, 7) is 10.7. The molecule has 10 heteroatoms. The van der Waals surface area contributed by atoms with Gasteiger partial charge in [0.15, 0.2) is 5.82 Å². The Balaban J connectivity index is 1.26. The second-order valence-corrected chi connectivity index (χ2v) is 12.7. The lowest BCUT2D eigenvalue weighted by atomic mass is 10.00. The van der Waals surface area contributed by atoms with Crippen LogP contribution in [-0.2, 0) is 6.42 Å². The molecule has 6 rings (SSSR count). The van der Waals surface area contributed by atoms with Gasteiger partial charge in [0.2, 0.25) is 0 Å². The van der Waals surface area contributed by atoms with Crippen LogP contribution in [0.1, 0.15) is 51.6 Å². The molecule has 2 saturated heterocycles. The Kier molecular flexibility index (Phi) is 8.13. The standard InChI is InChI=1S/C32H46N8O2/c1-5-25-31(35-22-8-11-32(2,41)19-22)37-28-24(20-34-30(33)29(28)36-25)21-6-7-26(27(18-21)42-4)40-12-9-23(10-13-40)39-16-14-38(3)15-17-39/h6-7,18,20,22-23,41H,5,8-17,19H2,1-4H3,(H2,33,34)(H,35,37)/t22-,32+/m1/s1. The van der Waals surface area contributed by atoms with Crippen molar-refractivity contribution in [1.29, 1.82) is 0 Å². The van der Waals surface area contributed by atoms with E-state index >= 15 is 0 Å². The third kappa shape index (κ3) is 5.85. The van der Waals surface area contributed by atoms with Crippen LogP contribution >= 0.6 is 0 Å². The van der Waals surface area contributed by atoms with Crippen LogP contribution in [0.5, 0.6) is 5.75 Å². The van der Waals surface area contributed by atoms with Crippen LogP contribution in [0.4, 0.5) is 17.3 Å². The summed E-state index contributed by atoms with van der Waals surface area (Å²) in [5.74, 6) is 1.98. The van der Waals surface area contributed by atoms with E-state index in [9.17, 15) is 5.11 Å². The van der Waals surface area contributed by atoms with Crippen LogP contribution < -0.4 is 20.7 Å². The monoisotopic (exact) mass is 574 g/mol. The van der Waals surface area contributed by atoms with Gasteiger partial charge in [-0.1, -0.05) is 13.0 Å². The Morgan fingerprint density at radius 3 is 2.50 bits per heavy atom. The molecule has 4 heterocycles. The van der Waals surface area contributed by atoms with E-state index in [0.29, 0.717) is 30.2 Å². The predicted octanol–water partition coefficient (Wildman–Crippen LogP) is 3.78. The Hall–Kier alpha value is -3.21. The SMILES string of the molecule is CCc1nc2c(N)ncc(-c3ccc(N4CCC(N5CCN(C)CC5)CC4)c(OC)c3)c2nc1N[C@@H]1CC[C@](C)(O)C1. The molecule has 0 bridgehead atoms. The number of likely N-dealkylation sites (N-methyl/N-ethyl adjacent to an activating group) is 1. The molecule has 2 atom stereocenters. The van der Waals surface area contributed by atoms with Gasteiger partial charge in [-0.05, 0) is 70.2 Å². The molecule has 3 aliphatic rings. The fourth-order valence-corrected chi connectivity index (χ4v) is 6.97. The van der Waals surface area contributed by atoms with Gasteiger partial charge < -0.3 is 30.7 Å². The van der Waals surface area contributed by atoms with Crippen molar-refractivity contribution in [1.82, 2.24) is 24.8 Å². The summed E-state index contributed by atoms with van der Waals surface area (Å²) in [4.78, 5) is 22.1. The van der Waals surface area contributed by atoms with Crippen molar-refractivity contribution >= 4 is 28.4 Å². The number of nitrogen functional groups attached to an aromatic ring is 1. The number of aromatic nitrogens is 3. The van der Waals surface area contributed by atoms with Crippen molar-refractivity contribution in [2.24, 2.45) is 0 Å². The maximum atomic E-state index is 10.5. The molecule has 0 spiro atoms. The molecular weight excluding hydrogens is 528 g/mol. The van der Waals surface area contributed by atoms with Crippen LogP contribution in [-0.4, -0.2) is 101 Å². The van der Waals surface area contributed by atoms with Crippen molar-refractivity contribution in [2.45, 2.75) is 70.1 Å². The molecule has 1 aromatic carbocycles. The fourth-order valence-electron chi connectivity index (χ4n) is 6.97. The van der Waals surface area contributed by atoms with Crippen LogP contribution in [0.15, 0.2) is 24.4 Å². The zero-order chi connectivity index (χ0) is 29.4. The molecule has 3 aromatic rings. The number of ether oxygens (including phenoxy) is 1. The number of piperazine rings is 1. The normalized spacial score (nSPS) is 24.4. The van der Waals surface area contributed by atoms with Crippen LogP contribution in [0.3, 0.4) is 0 Å². The predicted molar refractivity (Wildman–Crippen MR) is 169 cm³/mol. The first-order valence-corrected chi connectivity index (χ1v) is 15.5. The second kappa shape index (κ2) is 11.8. The number of fused-ring (bicyclic) bond motifs is 1. The highest BCUT2D eigenvalue weighted by molar-refractivity contribution is 5.97. The number of hydrogen-bond donors (Lipinski definition) is 3. The summed E-state index contributed by atoms with van der Waals surface area (Å²) in [7, 11) is 3.96. The summed E-state index contributed by atoms with van der Waals surface area (Å²) in [6.07, 6.45) is 7.20. The third-order valence-electron chi connectivity index (χ3n) is 9.54. The summed E-state index contributed by atoms with van der Waals surface area (Å²) < 4.78 is 5.95. The molecule has 42 heavy (non-hydrogen) atoms. The van der Waals surface area contributed by atoms with Crippen LogP contribution in [0.25, 0.3) is 22.2 Å². The number of nitrogens with one attached hydrogen (secondary N) is 1. The number of benzene rings is 1. The number of piperidine rings is 1. The van der Waals surface area contributed by atoms with Crippen molar-refractivity contribution in [3.63, 3.8) is 0 Å². The van der Waals surface area contributed by atoms with Gasteiger partial charge in [0, 0.05) is 63.1 Å². The lowest BCUT2D eigenvalue weighted by molar-refractivity contribution is 0.0673. The molecule has 2 aliphatic heterocycles. The fraction of sp³-hybridized carbons (Fsp3) is 0.594. The van der Waals surface area contributed by atoms with Crippen molar-refractivity contribution < 1.29 is 9.84 Å². The summed E-state index contributed by atoms with van der Waals surface area (Å²) in [6, 6.07) is 7.20. The minimum Gasteiger partial charge on any atom is -0.495 e.